The van der Waals surface area contributed by atoms with Gasteiger partial charge in [-0.2, -0.15) is 0 Å². The van der Waals surface area contributed by atoms with Gasteiger partial charge in [0.05, 0.1) is 6.04 Å². The average Bonchev–Trinajstić information content (AvgIpc) is 2.96. The van der Waals surface area contributed by atoms with E-state index in [0.717, 1.165) is 42.1 Å². The van der Waals surface area contributed by atoms with E-state index in [4.69, 9.17) is 10.5 Å². The molecule has 0 radical (unpaired) electrons. The largest absolute Gasteiger partial charge is 0.457 e. The van der Waals surface area contributed by atoms with Crippen LogP contribution in [0.2, 0.25) is 0 Å². The molecule has 2 N–H and O–H groups in total. The molecule has 3 aliphatic rings. The number of anilines is 2. The maximum atomic E-state index is 6.24. The van der Waals surface area contributed by atoms with Gasteiger partial charge in [0.15, 0.2) is 0 Å². The molecule has 0 saturated carbocycles. The van der Waals surface area contributed by atoms with Gasteiger partial charge in [-0.15, -0.1) is 0 Å². The van der Waals surface area contributed by atoms with Gasteiger partial charge in [0, 0.05) is 44.1 Å². The van der Waals surface area contributed by atoms with E-state index in [1.165, 1.54) is 32.4 Å². The minimum Gasteiger partial charge on any atom is -0.457 e. The Labute approximate surface area is 198 Å². The van der Waals surface area contributed by atoms with Crippen LogP contribution in [0.3, 0.4) is 0 Å². The molecule has 0 spiro atoms. The van der Waals surface area contributed by atoms with Crippen molar-refractivity contribution in [2.24, 2.45) is 0 Å². The SMILES string of the molecule is CCN1c2ccc(I)cc2C(C)(C)C1/C=C/C1=C2CCCC=C2Oc2cc(N)ccc21. The molecule has 5 rings (SSSR count). The first-order chi connectivity index (χ1) is 14.9. The summed E-state index contributed by atoms with van der Waals surface area (Å²) in [6.45, 7) is 7.98. The zero-order valence-electron chi connectivity index (χ0n) is 18.4. The van der Waals surface area contributed by atoms with Gasteiger partial charge >= 0.3 is 0 Å². The van der Waals surface area contributed by atoms with Gasteiger partial charge in [-0.05, 0) is 96.3 Å². The third-order valence-electron chi connectivity index (χ3n) is 6.92. The summed E-state index contributed by atoms with van der Waals surface area (Å²) in [6.07, 6.45) is 10.3. The minimum absolute atomic E-state index is 0.0363. The number of ether oxygens (including phenoxy) is 1. The molecule has 1 unspecified atom stereocenters. The number of rotatable bonds is 3. The summed E-state index contributed by atoms with van der Waals surface area (Å²) >= 11 is 2.42. The summed E-state index contributed by atoms with van der Waals surface area (Å²) < 4.78 is 7.54. The van der Waals surface area contributed by atoms with E-state index in [2.05, 4.69) is 90.8 Å². The van der Waals surface area contributed by atoms with E-state index in [0.29, 0.717) is 6.04 Å². The van der Waals surface area contributed by atoms with Gasteiger partial charge in [0.2, 0.25) is 0 Å². The number of fused-ring (bicyclic) bond motifs is 3. The Morgan fingerprint density at radius 1 is 1.23 bits per heavy atom. The van der Waals surface area contributed by atoms with Crippen LogP contribution >= 0.6 is 22.6 Å². The molecule has 0 saturated heterocycles. The van der Waals surface area contributed by atoms with Gasteiger partial charge in [0.1, 0.15) is 11.5 Å². The lowest BCUT2D eigenvalue weighted by Gasteiger charge is -2.32. The van der Waals surface area contributed by atoms with Crippen molar-refractivity contribution < 1.29 is 4.74 Å². The fraction of sp³-hybridized carbons (Fsp3) is 0.333. The number of benzene rings is 2. The molecule has 0 bridgehead atoms. The number of likely N-dealkylation sites (N-methyl/N-ethyl adjacent to an activating group) is 1. The second kappa shape index (κ2) is 7.73. The van der Waals surface area contributed by atoms with E-state index in [-0.39, 0.29) is 5.41 Å². The van der Waals surface area contributed by atoms with Gasteiger partial charge in [-0.1, -0.05) is 26.0 Å². The Hall–Kier alpha value is -2.21. The normalized spacial score (nSPS) is 21.5. The van der Waals surface area contributed by atoms with Crippen LogP contribution in [0.1, 0.15) is 51.2 Å². The molecule has 1 aliphatic carbocycles. The highest BCUT2D eigenvalue weighted by Crippen LogP contribution is 2.47. The van der Waals surface area contributed by atoms with Gasteiger partial charge < -0.3 is 15.4 Å². The molecule has 160 valence electrons. The van der Waals surface area contributed by atoms with E-state index >= 15 is 0 Å². The highest BCUT2D eigenvalue weighted by molar-refractivity contribution is 14.1. The van der Waals surface area contributed by atoms with Crippen LogP contribution in [0.25, 0.3) is 5.57 Å². The molecular weight excluding hydrogens is 495 g/mol. The Bertz CT molecular complexity index is 1140. The van der Waals surface area contributed by atoms with Crippen LogP contribution in [0.4, 0.5) is 11.4 Å². The zero-order valence-corrected chi connectivity index (χ0v) is 20.6. The molecule has 3 nitrogen and oxygen atoms in total. The summed E-state index contributed by atoms with van der Waals surface area (Å²) in [6, 6.07) is 13.2. The maximum absolute atomic E-state index is 6.24. The van der Waals surface area contributed by atoms with Crippen LogP contribution in [0.15, 0.2) is 66.0 Å². The van der Waals surface area contributed by atoms with Crippen molar-refractivity contribution in [3.63, 3.8) is 0 Å². The Kier molecular flexibility index (Phi) is 5.16. The molecular formula is C27H29IN2O. The molecule has 0 aromatic heterocycles. The molecule has 2 aromatic rings. The first kappa shape index (κ1) is 20.7. The maximum Gasteiger partial charge on any atom is 0.137 e. The van der Waals surface area contributed by atoms with Crippen molar-refractivity contribution in [2.45, 2.75) is 51.5 Å². The van der Waals surface area contributed by atoms with E-state index in [9.17, 15) is 0 Å². The number of halogens is 1. The second-order valence-corrected chi connectivity index (χ2v) is 10.4. The van der Waals surface area contributed by atoms with E-state index < -0.39 is 0 Å². The lowest BCUT2D eigenvalue weighted by molar-refractivity contribution is 0.415. The average molecular weight is 524 g/mol. The number of allylic oxidation sites excluding steroid dienone is 4. The van der Waals surface area contributed by atoms with Crippen molar-refractivity contribution in [3.05, 3.63) is 80.7 Å². The predicted octanol–water partition coefficient (Wildman–Crippen LogP) is 6.83. The van der Waals surface area contributed by atoms with Crippen LogP contribution in [-0.4, -0.2) is 12.6 Å². The molecule has 4 heteroatoms. The first-order valence-electron chi connectivity index (χ1n) is 11.2. The van der Waals surface area contributed by atoms with Crippen LogP contribution in [0, 0.1) is 3.57 Å². The summed E-state index contributed by atoms with van der Waals surface area (Å²) in [5, 5.41) is 0. The van der Waals surface area contributed by atoms with Crippen LogP contribution in [-0.2, 0) is 5.41 Å². The molecule has 2 heterocycles. The Morgan fingerprint density at radius 2 is 2.06 bits per heavy atom. The Morgan fingerprint density at radius 3 is 2.87 bits per heavy atom. The summed E-state index contributed by atoms with van der Waals surface area (Å²) in [5.74, 6) is 1.88. The van der Waals surface area contributed by atoms with Gasteiger partial charge in [0.25, 0.3) is 0 Å². The Balaban J connectivity index is 1.60. The van der Waals surface area contributed by atoms with Crippen molar-refractivity contribution >= 4 is 39.5 Å². The second-order valence-electron chi connectivity index (χ2n) is 9.18. The number of nitrogens with two attached hydrogens (primary N) is 1. The molecule has 31 heavy (non-hydrogen) atoms. The fourth-order valence-electron chi connectivity index (χ4n) is 5.32. The van der Waals surface area contributed by atoms with E-state index in [1.807, 2.05) is 12.1 Å². The lowest BCUT2D eigenvalue weighted by atomic mass is 9.79. The topological polar surface area (TPSA) is 38.5 Å². The minimum atomic E-state index is 0.0363. The summed E-state index contributed by atoms with van der Waals surface area (Å²) in [5.41, 5.74) is 13.4. The smallest absolute Gasteiger partial charge is 0.137 e. The van der Waals surface area contributed by atoms with Crippen molar-refractivity contribution in [2.75, 3.05) is 17.2 Å². The highest BCUT2D eigenvalue weighted by Gasteiger charge is 2.42. The summed E-state index contributed by atoms with van der Waals surface area (Å²) in [7, 11) is 0. The highest BCUT2D eigenvalue weighted by atomic mass is 127. The fourth-order valence-corrected chi connectivity index (χ4v) is 5.81. The lowest BCUT2D eigenvalue weighted by Crippen LogP contribution is -2.39. The zero-order chi connectivity index (χ0) is 21.8. The predicted molar refractivity (Wildman–Crippen MR) is 138 cm³/mol. The standard InChI is InChI=1S/C27H29IN2O/c1-4-30-23-13-9-17(28)15-22(23)27(2,3)26(30)14-12-19-20-7-5-6-8-24(20)31-25-16-18(29)10-11-21(19)25/h8-16,26H,4-7,29H2,1-3H3/b14-12+. The van der Waals surface area contributed by atoms with Crippen molar-refractivity contribution in [3.8, 4) is 5.75 Å². The van der Waals surface area contributed by atoms with Gasteiger partial charge in [-0.3, -0.25) is 0 Å². The number of nitrogen functional groups attached to an aromatic ring is 1. The van der Waals surface area contributed by atoms with Crippen LogP contribution in [0.5, 0.6) is 5.75 Å². The first-order valence-corrected chi connectivity index (χ1v) is 12.2. The molecule has 2 aliphatic heterocycles. The summed E-state index contributed by atoms with van der Waals surface area (Å²) in [4.78, 5) is 2.54. The quantitative estimate of drug-likeness (QED) is 0.354. The monoisotopic (exact) mass is 524 g/mol. The molecule has 0 amide bonds. The number of hydrogen-bond donors (Lipinski definition) is 1. The van der Waals surface area contributed by atoms with Crippen molar-refractivity contribution in [1.82, 2.24) is 0 Å². The van der Waals surface area contributed by atoms with Crippen molar-refractivity contribution in [1.29, 1.82) is 0 Å². The molecule has 0 fully saturated rings. The number of nitrogens with zero attached hydrogens (tertiary/aromatic N) is 1. The molecule has 2 aromatic carbocycles. The number of hydrogen-bond acceptors (Lipinski definition) is 3. The third-order valence-corrected chi connectivity index (χ3v) is 7.59. The van der Waals surface area contributed by atoms with Crippen LogP contribution < -0.4 is 15.4 Å². The molecule has 1 atom stereocenters. The van der Waals surface area contributed by atoms with E-state index in [1.54, 1.807) is 0 Å². The van der Waals surface area contributed by atoms with Gasteiger partial charge in [-0.25, -0.2) is 0 Å². The third kappa shape index (κ3) is 3.39.